The highest BCUT2D eigenvalue weighted by Gasteiger charge is 2.12. The molecule has 1 aromatic heterocycles. The Labute approximate surface area is 173 Å². The van der Waals surface area contributed by atoms with Gasteiger partial charge in [0.25, 0.3) is 0 Å². The van der Waals surface area contributed by atoms with Crippen LogP contribution in [0.4, 0.5) is 0 Å². The molecular formula is C20H21ClN4O2S. The highest BCUT2D eigenvalue weighted by Crippen LogP contribution is 2.26. The van der Waals surface area contributed by atoms with Crippen molar-refractivity contribution in [3.05, 3.63) is 64.4 Å². The number of hydrogen-bond donors (Lipinski definition) is 1. The zero-order chi connectivity index (χ0) is 19.9. The lowest BCUT2D eigenvalue weighted by atomic mass is 10.2. The van der Waals surface area contributed by atoms with Gasteiger partial charge in [-0.3, -0.25) is 0 Å². The summed E-state index contributed by atoms with van der Waals surface area (Å²) in [6.07, 6.45) is 3.43. The third kappa shape index (κ3) is 5.05. The number of aryl methyl sites for hydroxylation is 1. The third-order valence-corrected chi connectivity index (χ3v) is 5.20. The highest BCUT2D eigenvalue weighted by atomic mass is 35.5. The molecule has 0 bridgehead atoms. The molecule has 1 N–H and O–H groups in total. The van der Waals surface area contributed by atoms with E-state index in [0.717, 1.165) is 45.7 Å². The summed E-state index contributed by atoms with van der Waals surface area (Å²) in [5.74, 6) is 2.04. The van der Waals surface area contributed by atoms with Crippen LogP contribution in [0.2, 0.25) is 5.02 Å². The molecule has 2 aromatic carbocycles. The van der Waals surface area contributed by atoms with Crippen LogP contribution in [0.3, 0.4) is 0 Å². The molecule has 3 aromatic rings. The van der Waals surface area contributed by atoms with Gasteiger partial charge in [0.05, 0.1) is 13.3 Å². The van der Waals surface area contributed by atoms with Gasteiger partial charge in [0.15, 0.2) is 17.3 Å². The summed E-state index contributed by atoms with van der Waals surface area (Å²) in [6.45, 7) is 2.09. The van der Waals surface area contributed by atoms with Gasteiger partial charge in [-0.1, -0.05) is 42.4 Å². The number of hydrogen-bond acceptors (Lipinski definition) is 6. The monoisotopic (exact) mass is 416 g/mol. The lowest BCUT2D eigenvalue weighted by Crippen LogP contribution is -2.00. The molecular weight excluding hydrogens is 396 g/mol. The molecule has 0 aliphatic rings. The predicted octanol–water partition coefficient (Wildman–Crippen LogP) is 4.77. The number of nitrogens with zero attached hydrogens (tertiary/aromatic N) is 4. The molecule has 0 unspecified atom stereocenters. The van der Waals surface area contributed by atoms with Crippen molar-refractivity contribution in [2.45, 2.75) is 30.7 Å². The molecule has 0 amide bonds. The molecule has 146 valence electrons. The van der Waals surface area contributed by atoms with E-state index in [4.69, 9.17) is 16.3 Å². The summed E-state index contributed by atoms with van der Waals surface area (Å²) < 4.78 is 6.92. The van der Waals surface area contributed by atoms with E-state index in [1.165, 1.54) is 7.11 Å². The van der Waals surface area contributed by atoms with E-state index in [1.807, 2.05) is 24.3 Å². The van der Waals surface area contributed by atoms with Crippen LogP contribution in [0.1, 0.15) is 30.3 Å². The number of ether oxygens (including phenoxy) is 1. The molecule has 6 nitrogen and oxygen atoms in total. The maximum Gasteiger partial charge on any atom is 0.212 e. The van der Waals surface area contributed by atoms with Crippen LogP contribution < -0.4 is 4.74 Å². The summed E-state index contributed by atoms with van der Waals surface area (Å²) in [7, 11) is 1.51. The Morgan fingerprint density at radius 2 is 2.00 bits per heavy atom. The average Bonchev–Trinajstić information content (AvgIpc) is 3.09. The summed E-state index contributed by atoms with van der Waals surface area (Å²) in [6, 6.07) is 12.8. The molecule has 0 spiro atoms. The van der Waals surface area contributed by atoms with Gasteiger partial charge >= 0.3 is 0 Å². The largest absolute Gasteiger partial charge is 0.504 e. The number of benzene rings is 2. The topological polar surface area (TPSA) is 72.5 Å². The van der Waals surface area contributed by atoms with E-state index in [9.17, 15) is 5.11 Å². The van der Waals surface area contributed by atoms with E-state index < -0.39 is 0 Å². The smallest absolute Gasteiger partial charge is 0.212 e. The Bertz CT molecular complexity index is 957. The average molecular weight is 417 g/mol. The molecule has 1 heterocycles. The molecule has 0 atom stereocenters. The maximum absolute atomic E-state index is 9.73. The predicted molar refractivity (Wildman–Crippen MR) is 113 cm³/mol. The van der Waals surface area contributed by atoms with E-state index in [0.29, 0.717) is 5.75 Å². The van der Waals surface area contributed by atoms with E-state index in [2.05, 4.69) is 22.2 Å². The van der Waals surface area contributed by atoms with Crippen molar-refractivity contribution >= 4 is 29.6 Å². The fourth-order valence-corrected chi connectivity index (χ4v) is 3.50. The van der Waals surface area contributed by atoms with Crippen molar-refractivity contribution in [3.8, 4) is 11.5 Å². The van der Waals surface area contributed by atoms with Crippen LogP contribution in [0.25, 0.3) is 0 Å². The van der Waals surface area contributed by atoms with Gasteiger partial charge in [-0.2, -0.15) is 9.78 Å². The zero-order valence-corrected chi connectivity index (χ0v) is 17.2. The van der Waals surface area contributed by atoms with Gasteiger partial charge in [0.1, 0.15) is 0 Å². The van der Waals surface area contributed by atoms with Crippen LogP contribution in [-0.4, -0.2) is 33.3 Å². The van der Waals surface area contributed by atoms with Crippen LogP contribution in [0, 0.1) is 0 Å². The van der Waals surface area contributed by atoms with Gasteiger partial charge in [-0.25, -0.2) is 0 Å². The Hall–Kier alpha value is -2.51. The lowest BCUT2D eigenvalue weighted by Gasteiger charge is -2.05. The number of aromatic hydroxyl groups is 1. The fourth-order valence-electron chi connectivity index (χ4n) is 2.51. The second kappa shape index (κ2) is 9.61. The Morgan fingerprint density at radius 3 is 2.71 bits per heavy atom. The number of rotatable bonds is 8. The molecule has 0 saturated carbocycles. The summed E-state index contributed by atoms with van der Waals surface area (Å²) in [5.41, 5.74) is 1.95. The number of thioether (sulfide) groups is 1. The van der Waals surface area contributed by atoms with Crippen LogP contribution >= 0.6 is 23.4 Å². The Morgan fingerprint density at radius 1 is 1.21 bits per heavy atom. The van der Waals surface area contributed by atoms with Crippen molar-refractivity contribution in [2.75, 3.05) is 7.11 Å². The van der Waals surface area contributed by atoms with Crippen molar-refractivity contribution in [3.63, 3.8) is 0 Å². The minimum atomic E-state index is 0.0924. The first-order valence-electron chi connectivity index (χ1n) is 8.83. The van der Waals surface area contributed by atoms with Crippen molar-refractivity contribution in [1.82, 2.24) is 14.9 Å². The van der Waals surface area contributed by atoms with Crippen LogP contribution in [0.5, 0.6) is 11.5 Å². The molecule has 0 aliphatic heterocycles. The SMILES string of the molecule is CCCc1nnc(SCc2ccc(Cl)cc2)n1/N=C/c1ccc(O)c(OC)c1. The standard InChI is InChI=1S/C20H21ClN4O2S/c1-3-4-19-23-24-20(28-13-14-5-8-16(21)9-6-14)25(19)22-12-15-7-10-17(26)18(11-15)27-2/h5-12,26H,3-4,13H2,1-2H3/b22-12+. The first-order valence-corrected chi connectivity index (χ1v) is 10.2. The number of aromatic nitrogens is 3. The molecule has 3 rings (SSSR count). The van der Waals surface area contributed by atoms with E-state index >= 15 is 0 Å². The van der Waals surface area contributed by atoms with Crippen LogP contribution in [0.15, 0.2) is 52.7 Å². The van der Waals surface area contributed by atoms with Gasteiger partial charge in [0, 0.05) is 17.2 Å². The summed E-state index contributed by atoms with van der Waals surface area (Å²) >= 11 is 7.51. The molecule has 8 heteroatoms. The lowest BCUT2D eigenvalue weighted by molar-refractivity contribution is 0.373. The minimum Gasteiger partial charge on any atom is -0.504 e. The number of halogens is 1. The Balaban J connectivity index is 1.82. The van der Waals surface area contributed by atoms with Crippen LogP contribution in [-0.2, 0) is 12.2 Å². The summed E-state index contributed by atoms with van der Waals surface area (Å²) in [4.78, 5) is 0. The van der Waals surface area contributed by atoms with Crippen molar-refractivity contribution in [2.24, 2.45) is 5.10 Å². The van der Waals surface area contributed by atoms with Crippen molar-refractivity contribution < 1.29 is 9.84 Å². The minimum absolute atomic E-state index is 0.0924. The molecule has 0 aliphatic carbocycles. The van der Waals surface area contributed by atoms with E-state index in [1.54, 1.807) is 40.9 Å². The number of methoxy groups -OCH3 is 1. The maximum atomic E-state index is 9.73. The van der Waals surface area contributed by atoms with Gasteiger partial charge in [0.2, 0.25) is 5.16 Å². The first-order chi connectivity index (χ1) is 13.6. The molecule has 28 heavy (non-hydrogen) atoms. The fraction of sp³-hybridized carbons (Fsp3) is 0.250. The van der Waals surface area contributed by atoms with E-state index in [-0.39, 0.29) is 5.75 Å². The molecule has 0 radical (unpaired) electrons. The quantitative estimate of drug-likeness (QED) is 0.423. The van der Waals surface area contributed by atoms with Gasteiger partial charge < -0.3 is 9.84 Å². The van der Waals surface area contributed by atoms with Gasteiger partial charge in [-0.15, -0.1) is 10.2 Å². The molecule has 0 fully saturated rings. The van der Waals surface area contributed by atoms with Crippen molar-refractivity contribution in [1.29, 1.82) is 0 Å². The Kier molecular flexibility index (Phi) is 6.95. The number of phenols is 1. The second-order valence-electron chi connectivity index (χ2n) is 6.05. The normalized spacial score (nSPS) is 11.2. The summed E-state index contributed by atoms with van der Waals surface area (Å²) in [5, 5.41) is 24.3. The molecule has 0 saturated heterocycles. The highest BCUT2D eigenvalue weighted by molar-refractivity contribution is 7.98. The number of phenolic OH excluding ortho intramolecular Hbond substituents is 1. The first kappa shape index (κ1) is 20.2. The second-order valence-corrected chi connectivity index (χ2v) is 7.43. The third-order valence-electron chi connectivity index (χ3n) is 3.96. The van der Waals surface area contributed by atoms with Gasteiger partial charge in [-0.05, 0) is 47.9 Å². The zero-order valence-electron chi connectivity index (χ0n) is 15.7.